The Bertz CT molecular complexity index is 880. The van der Waals surface area contributed by atoms with E-state index in [0.29, 0.717) is 17.3 Å². The predicted molar refractivity (Wildman–Crippen MR) is 98.8 cm³/mol. The van der Waals surface area contributed by atoms with Gasteiger partial charge in [-0.2, -0.15) is 0 Å². The predicted octanol–water partition coefficient (Wildman–Crippen LogP) is 4.24. The lowest BCUT2D eigenvalue weighted by atomic mass is 10.1. The van der Waals surface area contributed by atoms with E-state index >= 15 is 0 Å². The Kier molecular flexibility index (Phi) is 5.20. The summed E-state index contributed by atoms with van der Waals surface area (Å²) in [5, 5.41) is 8.35. The summed E-state index contributed by atoms with van der Waals surface area (Å²) in [6.45, 7) is 6.07. The van der Waals surface area contributed by atoms with Crippen molar-refractivity contribution in [2.75, 3.05) is 0 Å². The number of hydrogen-bond donors (Lipinski definition) is 1. The minimum atomic E-state index is -0.0738. The van der Waals surface area contributed by atoms with Crippen LogP contribution in [-0.4, -0.2) is 16.0 Å². The van der Waals surface area contributed by atoms with Gasteiger partial charge in [0, 0.05) is 21.0 Å². The van der Waals surface area contributed by atoms with Crippen LogP contribution >= 0.6 is 22.9 Å². The monoisotopic (exact) mass is 375 g/mol. The zero-order chi connectivity index (χ0) is 18.0. The number of nitrogens with one attached hydrogen (secondary N) is 1. The van der Waals surface area contributed by atoms with Gasteiger partial charge >= 0.3 is 0 Å². The first kappa shape index (κ1) is 17.6. The number of nitrogens with zero attached hydrogens (tertiary/aromatic N) is 2. The Hall–Kier alpha value is -2.18. The molecule has 3 rings (SSSR count). The zero-order valence-electron chi connectivity index (χ0n) is 14.2. The highest BCUT2D eigenvalue weighted by molar-refractivity contribution is 7.12. The zero-order valence-corrected chi connectivity index (χ0v) is 15.8. The van der Waals surface area contributed by atoms with Gasteiger partial charge in [-0.3, -0.25) is 4.79 Å². The van der Waals surface area contributed by atoms with Crippen LogP contribution < -0.4 is 5.32 Å². The number of hydrogen-bond acceptors (Lipinski definition) is 5. The molecule has 0 fully saturated rings. The molecule has 3 aromatic rings. The standard InChI is InChI=1S/C18H18ClN3O2S/c1-10-15(11(2)24-22-10)8-16(23)20-9-17-21-18(12(3)25-17)13-4-6-14(19)7-5-13/h4-7H,8-9H2,1-3H3,(H,20,23). The smallest absolute Gasteiger partial charge is 0.224 e. The summed E-state index contributed by atoms with van der Waals surface area (Å²) in [6, 6.07) is 7.59. The van der Waals surface area contributed by atoms with E-state index in [1.807, 2.05) is 45.0 Å². The van der Waals surface area contributed by atoms with E-state index in [4.69, 9.17) is 16.1 Å². The van der Waals surface area contributed by atoms with Gasteiger partial charge in [-0.1, -0.05) is 28.9 Å². The lowest BCUT2D eigenvalue weighted by Crippen LogP contribution is -2.24. The van der Waals surface area contributed by atoms with E-state index in [-0.39, 0.29) is 12.3 Å². The molecule has 0 aliphatic rings. The van der Waals surface area contributed by atoms with Gasteiger partial charge in [0.1, 0.15) is 10.8 Å². The van der Waals surface area contributed by atoms with Gasteiger partial charge in [0.25, 0.3) is 0 Å². The summed E-state index contributed by atoms with van der Waals surface area (Å²) in [5.74, 6) is 0.609. The molecule has 1 aromatic carbocycles. The largest absolute Gasteiger partial charge is 0.361 e. The van der Waals surface area contributed by atoms with Gasteiger partial charge in [-0.05, 0) is 32.9 Å². The summed E-state index contributed by atoms with van der Waals surface area (Å²) in [6.07, 6.45) is 0.259. The van der Waals surface area contributed by atoms with E-state index < -0.39 is 0 Å². The number of rotatable bonds is 5. The van der Waals surface area contributed by atoms with Crippen molar-refractivity contribution in [3.63, 3.8) is 0 Å². The van der Waals surface area contributed by atoms with Crippen molar-refractivity contribution >= 4 is 28.8 Å². The van der Waals surface area contributed by atoms with Crippen LogP contribution in [0.2, 0.25) is 5.02 Å². The van der Waals surface area contributed by atoms with Crippen LogP contribution in [0.25, 0.3) is 11.3 Å². The van der Waals surface area contributed by atoms with Crippen LogP contribution in [-0.2, 0) is 17.8 Å². The summed E-state index contributed by atoms with van der Waals surface area (Å²) in [7, 11) is 0. The Labute approximate surface area is 155 Å². The molecule has 5 nitrogen and oxygen atoms in total. The molecule has 1 N–H and O–H groups in total. The summed E-state index contributed by atoms with van der Waals surface area (Å²) >= 11 is 7.51. The van der Waals surface area contributed by atoms with Gasteiger partial charge in [0.2, 0.25) is 5.91 Å². The molecule has 2 heterocycles. The van der Waals surface area contributed by atoms with E-state index in [1.165, 1.54) is 0 Å². The Morgan fingerprint density at radius 2 is 1.96 bits per heavy atom. The fourth-order valence-corrected chi connectivity index (χ4v) is 3.57. The number of carbonyl (C=O) groups excluding carboxylic acids is 1. The molecule has 0 aliphatic heterocycles. The lowest BCUT2D eigenvalue weighted by molar-refractivity contribution is -0.120. The van der Waals surface area contributed by atoms with Crippen molar-refractivity contribution in [1.82, 2.24) is 15.5 Å². The van der Waals surface area contributed by atoms with Crippen molar-refractivity contribution in [2.45, 2.75) is 33.7 Å². The Morgan fingerprint density at radius 3 is 2.60 bits per heavy atom. The van der Waals surface area contributed by atoms with Crippen LogP contribution in [0.15, 0.2) is 28.8 Å². The highest BCUT2D eigenvalue weighted by Gasteiger charge is 2.15. The second kappa shape index (κ2) is 7.37. The fourth-order valence-electron chi connectivity index (χ4n) is 2.55. The number of benzene rings is 1. The number of thiazole rings is 1. The van der Waals surface area contributed by atoms with Gasteiger partial charge in [-0.15, -0.1) is 11.3 Å². The quantitative estimate of drug-likeness (QED) is 0.724. The molecular weight excluding hydrogens is 358 g/mol. The molecule has 130 valence electrons. The maximum Gasteiger partial charge on any atom is 0.224 e. The molecule has 0 spiro atoms. The highest BCUT2D eigenvalue weighted by Crippen LogP contribution is 2.28. The first-order valence-corrected chi connectivity index (χ1v) is 9.04. The number of aryl methyl sites for hydroxylation is 3. The maximum absolute atomic E-state index is 12.2. The summed E-state index contributed by atoms with van der Waals surface area (Å²) in [4.78, 5) is 17.9. The molecule has 0 saturated heterocycles. The molecule has 0 unspecified atom stereocenters. The average Bonchev–Trinajstić information content (AvgIpc) is 3.11. The first-order valence-electron chi connectivity index (χ1n) is 7.84. The Balaban J connectivity index is 1.65. The average molecular weight is 376 g/mol. The molecule has 0 aliphatic carbocycles. The third-order valence-electron chi connectivity index (χ3n) is 3.91. The summed E-state index contributed by atoms with van der Waals surface area (Å²) < 4.78 is 5.09. The topological polar surface area (TPSA) is 68.0 Å². The highest BCUT2D eigenvalue weighted by atomic mass is 35.5. The van der Waals surface area contributed by atoms with E-state index in [2.05, 4.69) is 15.5 Å². The van der Waals surface area contributed by atoms with E-state index in [9.17, 15) is 4.79 Å². The normalized spacial score (nSPS) is 10.9. The van der Waals surface area contributed by atoms with Crippen LogP contribution in [0, 0.1) is 20.8 Å². The number of halogens is 1. The molecule has 0 atom stereocenters. The summed E-state index contributed by atoms with van der Waals surface area (Å²) in [5.41, 5.74) is 3.54. The molecule has 0 saturated carbocycles. The molecule has 1 amide bonds. The lowest BCUT2D eigenvalue weighted by Gasteiger charge is -2.03. The van der Waals surface area contributed by atoms with Gasteiger partial charge < -0.3 is 9.84 Å². The minimum absolute atomic E-state index is 0.0738. The SMILES string of the molecule is Cc1noc(C)c1CC(=O)NCc1nc(-c2ccc(Cl)cc2)c(C)s1. The maximum atomic E-state index is 12.2. The van der Waals surface area contributed by atoms with Crippen molar-refractivity contribution in [2.24, 2.45) is 0 Å². The molecule has 2 aromatic heterocycles. The third-order valence-corrected chi connectivity index (χ3v) is 5.14. The second-order valence-corrected chi connectivity index (χ2v) is 7.50. The molecule has 0 radical (unpaired) electrons. The molecular formula is C18H18ClN3O2S. The van der Waals surface area contributed by atoms with Crippen LogP contribution in [0.5, 0.6) is 0 Å². The Morgan fingerprint density at radius 1 is 1.24 bits per heavy atom. The van der Waals surface area contributed by atoms with E-state index in [0.717, 1.165) is 32.4 Å². The van der Waals surface area contributed by atoms with Crippen molar-refractivity contribution in [3.05, 3.63) is 56.2 Å². The number of amides is 1. The fraction of sp³-hybridized carbons (Fsp3) is 0.278. The minimum Gasteiger partial charge on any atom is -0.361 e. The number of carbonyl (C=O) groups is 1. The van der Waals surface area contributed by atoms with E-state index in [1.54, 1.807) is 11.3 Å². The molecule has 0 bridgehead atoms. The number of aromatic nitrogens is 2. The van der Waals surface area contributed by atoms with Crippen molar-refractivity contribution in [3.8, 4) is 11.3 Å². The van der Waals surface area contributed by atoms with Crippen molar-refractivity contribution < 1.29 is 9.32 Å². The van der Waals surface area contributed by atoms with Gasteiger partial charge in [-0.25, -0.2) is 4.98 Å². The van der Waals surface area contributed by atoms with Crippen LogP contribution in [0.3, 0.4) is 0 Å². The van der Waals surface area contributed by atoms with Crippen LogP contribution in [0.4, 0.5) is 0 Å². The molecule has 25 heavy (non-hydrogen) atoms. The van der Waals surface area contributed by atoms with Crippen molar-refractivity contribution in [1.29, 1.82) is 0 Å². The first-order chi connectivity index (χ1) is 11.9. The van der Waals surface area contributed by atoms with Gasteiger partial charge in [0.05, 0.1) is 24.4 Å². The molecule has 7 heteroatoms. The third kappa shape index (κ3) is 4.08. The van der Waals surface area contributed by atoms with Crippen LogP contribution in [0.1, 0.15) is 26.9 Å². The second-order valence-electron chi connectivity index (χ2n) is 5.78. The van der Waals surface area contributed by atoms with Gasteiger partial charge in [0.15, 0.2) is 0 Å².